The van der Waals surface area contributed by atoms with Gasteiger partial charge in [0.25, 0.3) is 0 Å². The minimum absolute atomic E-state index is 0.170. The van der Waals surface area contributed by atoms with Crippen molar-refractivity contribution in [1.29, 1.82) is 0 Å². The summed E-state index contributed by atoms with van der Waals surface area (Å²) in [6, 6.07) is 7.54. The third kappa shape index (κ3) is 2.71. The highest BCUT2D eigenvalue weighted by Crippen LogP contribution is 2.41. The van der Waals surface area contributed by atoms with Crippen molar-refractivity contribution in [2.75, 3.05) is 13.2 Å². The second-order valence-electron chi connectivity index (χ2n) is 7.47. The highest BCUT2D eigenvalue weighted by atomic mass is 16.5. The van der Waals surface area contributed by atoms with Crippen LogP contribution in [-0.4, -0.2) is 30.3 Å². The zero-order valence-corrected chi connectivity index (χ0v) is 14.4. The largest absolute Gasteiger partial charge is 0.465 e. The van der Waals surface area contributed by atoms with E-state index in [2.05, 4.69) is 0 Å². The van der Waals surface area contributed by atoms with Crippen LogP contribution in [0.1, 0.15) is 44.7 Å². The van der Waals surface area contributed by atoms with Crippen LogP contribution >= 0.6 is 0 Å². The molecule has 0 amide bonds. The van der Waals surface area contributed by atoms with E-state index < -0.39 is 16.9 Å². The van der Waals surface area contributed by atoms with Gasteiger partial charge in [0.2, 0.25) is 0 Å². The summed E-state index contributed by atoms with van der Waals surface area (Å²) >= 11 is 0. The average molecular weight is 332 g/mol. The topological polar surface area (TPSA) is 72.8 Å². The van der Waals surface area contributed by atoms with Crippen molar-refractivity contribution in [2.24, 2.45) is 11.8 Å². The van der Waals surface area contributed by atoms with Gasteiger partial charge in [-0.3, -0.25) is 9.59 Å². The maximum atomic E-state index is 12.0. The number of esters is 2. The Morgan fingerprint density at radius 3 is 2.04 bits per heavy atom. The van der Waals surface area contributed by atoms with Gasteiger partial charge in [0.05, 0.1) is 25.0 Å². The lowest BCUT2D eigenvalue weighted by Crippen LogP contribution is -2.36. The van der Waals surface area contributed by atoms with Gasteiger partial charge in [0.1, 0.15) is 5.60 Å². The molecule has 2 saturated heterocycles. The summed E-state index contributed by atoms with van der Waals surface area (Å²) in [6.07, 6.45) is 1.20. The van der Waals surface area contributed by atoms with Crippen LogP contribution in [0.3, 0.4) is 0 Å². The number of aliphatic hydroxyl groups is 1. The number of rotatable bonds is 4. The first-order valence-electron chi connectivity index (χ1n) is 8.41. The van der Waals surface area contributed by atoms with Crippen molar-refractivity contribution in [3.8, 4) is 0 Å². The quantitative estimate of drug-likeness (QED) is 0.857. The Kier molecular flexibility index (Phi) is 4.16. The standard InChI is InChI=1S/C19H24O5/c1-18(2,14-7-9-23-16(14)20)12-5-4-6-13(11-12)19(3,22)15-8-10-24-17(15)21/h4-6,11,14-15,22H,7-10H2,1-3H3. The van der Waals surface area contributed by atoms with Gasteiger partial charge < -0.3 is 14.6 Å². The fourth-order valence-corrected chi connectivity index (χ4v) is 3.79. The Labute approximate surface area is 142 Å². The first-order valence-corrected chi connectivity index (χ1v) is 8.41. The van der Waals surface area contributed by atoms with Crippen molar-refractivity contribution in [3.63, 3.8) is 0 Å². The summed E-state index contributed by atoms with van der Waals surface area (Å²) in [7, 11) is 0. The average Bonchev–Trinajstić information content (AvgIpc) is 3.16. The van der Waals surface area contributed by atoms with E-state index >= 15 is 0 Å². The Bertz CT molecular complexity index is 608. The first kappa shape index (κ1) is 17.0. The summed E-state index contributed by atoms with van der Waals surface area (Å²) in [5.74, 6) is -1.29. The fraction of sp³-hybridized carbons (Fsp3) is 0.579. The summed E-state index contributed by atoms with van der Waals surface area (Å²) < 4.78 is 10.1. The number of benzene rings is 1. The normalized spacial score (nSPS) is 26.8. The molecule has 5 nitrogen and oxygen atoms in total. The molecule has 3 atom stereocenters. The van der Waals surface area contributed by atoms with Gasteiger partial charge in [0.15, 0.2) is 0 Å². The molecule has 0 bridgehead atoms. The zero-order valence-electron chi connectivity index (χ0n) is 14.4. The summed E-state index contributed by atoms with van der Waals surface area (Å²) in [5.41, 5.74) is -0.0788. The van der Waals surface area contributed by atoms with Crippen LogP contribution in [0, 0.1) is 11.8 Å². The maximum Gasteiger partial charge on any atom is 0.312 e. The van der Waals surface area contributed by atoms with Crippen LogP contribution in [0.4, 0.5) is 0 Å². The predicted octanol–water partition coefficient (Wildman–Crippen LogP) is 2.30. The molecule has 1 aromatic rings. The smallest absolute Gasteiger partial charge is 0.312 e. The molecule has 2 fully saturated rings. The number of carbonyl (C=O) groups excluding carboxylic acids is 2. The van der Waals surface area contributed by atoms with Gasteiger partial charge in [-0.25, -0.2) is 0 Å². The molecule has 0 saturated carbocycles. The van der Waals surface area contributed by atoms with Gasteiger partial charge in [-0.2, -0.15) is 0 Å². The SMILES string of the molecule is CC(C)(c1cccc(C(C)(O)C2CCOC2=O)c1)C1CCOC1=O. The molecule has 1 N–H and O–H groups in total. The van der Waals surface area contributed by atoms with Crippen LogP contribution < -0.4 is 0 Å². The lowest BCUT2D eigenvalue weighted by Gasteiger charge is -2.33. The van der Waals surface area contributed by atoms with Crippen LogP contribution in [0.25, 0.3) is 0 Å². The molecule has 24 heavy (non-hydrogen) atoms. The monoisotopic (exact) mass is 332 g/mol. The molecule has 3 rings (SSSR count). The van der Waals surface area contributed by atoms with E-state index in [9.17, 15) is 14.7 Å². The predicted molar refractivity (Wildman–Crippen MR) is 87.2 cm³/mol. The highest BCUT2D eigenvalue weighted by Gasteiger charge is 2.45. The van der Waals surface area contributed by atoms with E-state index in [1.165, 1.54) is 0 Å². The van der Waals surface area contributed by atoms with Gasteiger partial charge in [-0.15, -0.1) is 0 Å². The molecular weight excluding hydrogens is 308 g/mol. The number of carbonyl (C=O) groups is 2. The first-order chi connectivity index (χ1) is 11.2. The van der Waals surface area contributed by atoms with Crippen molar-refractivity contribution >= 4 is 11.9 Å². The lowest BCUT2D eigenvalue weighted by molar-refractivity contribution is -0.148. The zero-order chi connectivity index (χ0) is 17.5. The molecule has 0 aromatic heterocycles. The molecule has 5 heteroatoms. The molecular formula is C19H24O5. The maximum absolute atomic E-state index is 12.0. The second-order valence-corrected chi connectivity index (χ2v) is 7.47. The number of ether oxygens (including phenoxy) is 2. The highest BCUT2D eigenvalue weighted by molar-refractivity contribution is 5.77. The van der Waals surface area contributed by atoms with E-state index in [4.69, 9.17) is 9.47 Å². The minimum Gasteiger partial charge on any atom is -0.465 e. The Morgan fingerprint density at radius 1 is 0.958 bits per heavy atom. The Hall–Kier alpha value is -1.88. The third-order valence-corrected chi connectivity index (χ3v) is 5.61. The lowest BCUT2D eigenvalue weighted by atomic mass is 9.71. The number of hydrogen-bond acceptors (Lipinski definition) is 5. The molecule has 2 aliphatic heterocycles. The van der Waals surface area contributed by atoms with Crippen LogP contribution in [-0.2, 0) is 30.1 Å². The number of cyclic esters (lactones) is 2. The van der Waals surface area contributed by atoms with Gasteiger partial charge in [-0.05, 0) is 30.9 Å². The second kappa shape index (κ2) is 5.88. The van der Waals surface area contributed by atoms with Crippen molar-refractivity contribution in [3.05, 3.63) is 35.4 Å². The summed E-state index contributed by atoms with van der Waals surface area (Å²) in [5, 5.41) is 11.0. The fourth-order valence-electron chi connectivity index (χ4n) is 3.79. The van der Waals surface area contributed by atoms with E-state index in [0.29, 0.717) is 31.6 Å². The molecule has 2 heterocycles. The van der Waals surface area contributed by atoms with Crippen molar-refractivity contribution in [2.45, 2.75) is 44.6 Å². The third-order valence-electron chi connectivity index (χ3n) is 5.61. The van der Waals surface area contributed by atoms with Gasteiger partial charge in [-0.1, -0.05) is 38.1 Å². The van der Waals surface area contributed by atoms with Crippen LogP contribution in [0.15, 0.2) is 24.3 Å². The van der Waals surface area contributed by atoms with Gasteiger partial charge >= 0.3 is 11.9 Å². The van der Waals surface area contributed by atoms with Crippen LogP contribution in [0.5, 0.6) is 0 Å². The van der Waals surface area contributed by atoms with E-state index in [1.54, 1.807) is 6.92 Å². The van der Waals surface area contributed by atoms with Crippen molar-refractivity contribution in [1.82, 2.24) is 0 Å². The molecule has 0 radical (unpaired) electrons. The summed E-state index contributed by atoms with van der Waals surface area (Å²) in [6.45, 7) is 6.49. The molecule has 130 valence electrons. The van der Waals surface area contributed by atoms with Crippen LogP contribution in [0.2, 0.25) is 0 Å². The molecule has 2 aliphatic rings. The molecule has 0 spiro atoms. The molecule has 3 unspecified atom stereocenters. The Balaban J connectivity index is 1.94. The van der Waals surface area contributed by atoms with Crippen molar-refractivity contribution < 1.29 is 24.2 Å². The molecule has 1 aromatic carbocycles. The van der Waals surface area contributed by atoms with E-state index in [0.717, 1.165) is 5.56 Å². The molecule has 0 aliphatic carbocycles. The Morgan fingerprint density at radius 2 is 1.50 bits per heavy atom. The summed E-state index contributed by atoms with van der Waals surface area (Å²) in [4.78, 5) is 23.9. The number of hydrogen-bond donors (Lipinski definition) is 1. The van der Waals surface area contributed by atoms with E-state index in [-0.39, 0.29) is 17.9 Å². The van der Waals surface area contributed by atoms with Gasteiger partial charge in [0, 0.05) is 5.41 Å². The minimum atomic E-state index is -1.30. The van der Waals surface area contributed by atoms with E-state index in [1.807, 2.05) is 38.1 Å².